The molecule has 1 aromatic carbocycles. The highest BCUT2D eigenvalue weighted by Gasteiger charge is 2.68. The number of carbonyl (C=O) groups excluding carboxylic acids is 1. The molecule has 2 bridgehead atoms. The van der Waals surface area contributed by atoms with Crippen molar-refractivity contribution in [3.63, 3.8) is 0 Å². The lowest BCUT2D eigenvalue weighted by Crippen LogP contribution is -2.65. The first-order chi connectivity index (χ1) is 12.7. The van der Waals surface area contributed by atoms with Crippen LogP contribution in [0, 0.1) is 23.2 Å². The summed E-state index contributed by atoms with van der Waals surface area (Å²) in [5, 5.41) is 3.19. The lowest BCUT2D eigenvalue weighted by molar-refractivity contribution is -0.199. The summed E-state index contributed by atoms with van der Waals surface area (Å²) in [6.45, 7) is 11.3. The Hall–Kier alpha value is -1.33. The standard InChI is InChI=1S/C22H32BNO3/c1-14(2)11-19(24-20(25)15-9-7-6-8-10-15)23-26-18-13-16-12-17(21(16,3)4)22(18,5)27-23/h6-10,14,16-19H,11-13H2,1-5H3,(H,24,25)/t16-,17-,18+,19+,22-/m0/s1. The zero-order chi connectivity index (χ0) is 19.4. The number of hydrogen-bond acceptors (Lipinski definition) is 3. The molecule has 3 saturated carbocycles. The maximum absolute atomic E-state index is 12.7. The van der Waals surface area contributed by atoms with Crippen LogP contribution in [0.4, 0.5) is 0 Å². The average Bonchev–Trinajstić information content (AvgIpc) is 2.98. The number of nitrogens with one attached hydrogen (secondary N) is 1. The van der Waals surface area contributed by atoms with Gasteiger partial charge < -0.3 is 14.6 Å². The second-order valence-electron chi connectivity index (χ2n) is 9.91. The molecule has 146 valence electrons. The number of hydrogen-bond donors (Lipinski definition) is 1. The Balaban J connectivity index is 1.51. The van der Waals surface area contributed by atoms with Gasteiger partial charge >= 0.3 is 7.12 Å². The van der Waals surface area contributed by atoms with E-state index in [1.54, 1.807) is 0 Å². The molecule has 1 saturated heterocycles. The van der Waals surface area contributed by atoms with Gasteiger partial charge in [-0.2, -0.15) is 0 Å². The van der Waals surface area contributed by atoms with Crippen LogP contribution >= 0.6 is 0 Å². The van der Waals surface area contributed by atoms with Crippen molar-refractivity contribution in [3.8, 4) is 0 Å². The van der Waals surface area contributed by atoms with Gasteiger partial charge in [0, 0.05) is 5.56 Å². The minimum Gasteiger partial charge on any atom is -0.404 e. The topological polar surface area (TPSA) is 47.6 Å². The van der Waals surface area contributed by atoms with Crippen LogP contribution in [0.25, 0.3) is 0 Å². The van der Waals surface area contributed by atoms with Gasteiger partial charge in [0.15, 0.2) is 0 Å². The highest BCUT2D eigenvalue weighted by molar-refractivity contribution is 6.48. The maximum Gasteiger partial charge on any atom is 0.481 e. The van der Waals surface area contributed by atoms with Gasteiger partial charge in [-0.05, 0) is 61.5 Å². The molecular weight excluding hydrogens is 337 g/mol. The third kappa shape index (κ3) is 3.13. The Labute approximate surface area is 163 Å². The van der Waals surface area contributed by atoms with Crippen molar-refractivity contribution < 1.29 is 14.1 Å². The zero-order valence-electron chi connectivity index (χ0n) is 17.2. The van der Waals surface area contributed by atoms with E-state index >= 15 is 0 Å². The molecule has 0 aromatic heterocycles. The molecular formula is C22H32BNO3. The van der Waals surface area contributed by atoms with E-state index < -0.39 is 0 Å². The fourth-order valence-electron chi connectivity index (χ4n) is 5.66. The van der Waals surface area contributed by atoms with Crippen LogP contribution in [0.5, 0.6) is 0 Å². The third-order valence-corrected chi connectivity index (χ3v) is 7.38. The number of benzene rings is 1. The van der Waals surface area contributed by atoms with Crippen molar-refractivity contribution in [2.24, 2.45) is 23.2 Å². The Morgan fingerprint density at radius 3 is 2.56 bits per heavy atom. The Bertz CT molecular complexity index is 707. The number of amides is 1. The van der Waals surface area contributed by atoms with E-state index in [2.05, 4.69) is 39.9 Å². The van der Waals surface area contributed by atoms with E-state index in [1.807, 2.05) is 30.3 Å². The van der Waals surface area contributed by atoms with E-state index in [4.69, 9.17) is 9.31 Å². The molecule has 1 N–H and O–H groups in total. The third-order valence-electron chi connectivity index (χ3n) is 7.38. The van der Waals surface area contributed by atoms with Gasteiger partial charge in [0.1, 0.15) is 0 Å². The van der Waals surface area contributed by atoms with Crippen LogP contribution in [0.15, 0.2) is 30.3 Å². The summed E-state index contributed by atoms with van der Waals surface area (Å²) >= 11 is 0. The largest absolute Gasteiger partial charge is 0.481 e. The van der Waals surface area contributed by atoms with Crippen molar-refractivity contribution in [1.29, 1.82) is 0 Å². The lowest BCUT2D eigenvalue weighted by atomic mass is 9.43. The molecule has 5 atom stereocenters. The molecule has 4 fully saturated rings. The molecule has 4 aliphatic rings. The van der Waals surface area contributed by atoms with E-state index in [-0.39, 0.29) is 30.7 Å². The van der Waals surface area contributed by atoms with E-state index in [0.29, 0.717) is 22.8 Å². The van der Waals surface area contributed by atoms with E-state index in [1.165, 1.54) is 6.42 Å². The first-order valence-corrected chi connectivity index (χ1v) is 10.4. The summed E-state index contributed by atoms with van der Waals surface area (Å²) in [6.07, 6.45) is 3.28. The van der Waals surface area contributed by atoms with Crippen LogP contribution in [-0.2, 0) is 9.31 Å². The summed E-state index contributed by atoms with van der Waals surface area (Å²) in [6, 6.07) is 9.39. The van der Waals surface area contributed by atoms with Gasteiger partial charge in [-0.1, -0.05) is 45.9 Å². The van der Waals surface area contributed by atoms with Gasteiger partial charge in [0.05, 0.1) is 17.6 Å². The smallest absolute Gasteiger partial charge is 0.404 e. The highest BCUT2D eigenvalue weighted by Crippen LogP contribution is 2.65. The van der Waals surface area contributed by atoms with Gasteiger partial charge in [-0.15, -0.1) is 0 Å². The van der Waals surface area contributed by atoms with Crippen LogP contribution in [0.2, 0.25) is 0 Å². The maximum atomic E-state index is 12.7. The quantitative estimate of drug-likeness (QED) is 0.795. The molecule has 1 heterocycles. The Morgan fingerprint density at radius 1 is 1.22 bits per heavy atom. The van der Waals surface area contributed by atoms with Crippen LogP contribution < -0.4 is 5.32 Å². The summed E-state index contributed by atoms with van der Waals surface area (Å²) < 4.78 is 13.0. The first kappa shape index (κ1) is 19.0. The summed E-state index contributed by atoms with van der Waals surface area (Å²) in [5.41, 5.74) is 0.760. The van der Waals surface area contributed by atoms with Crippen LogP contribution in [0.3, 0.4) is 0 Å². The average molecular weight is 369 g/mol. The SMILES string of the molecule is CC(C)C[C@@H](NC(=O)c1ccccc1)B1O[C@@H]2C[C@@H]3C[C@@H](C3(C)C)[C@]2(C)O1. The molecule has 1 aromatic rings. The fraction of sp³-hybridized carbons (Fsp3) is 0.682. The lowest BCUT2D eigenvalue weighted by Gasteiger charge is -2.64. The molecule has 0 spiro atoms. The van der Waals surface area contributed by atoms with Crippen molar-refractivity contribution in [2.75, 3.05) is 0 Å². The van der Waals surface area contributed by atoms with Gasteiger partial charge in [0.2, 0.25) is 0 Å². The monoisotopic (exact) mass is 369 g/mol. The fourth-order valence-corrected chi connectivity index (χ4v) is 5.66. The van der Waals surface area contributed by atoms with Crippen LogP contribution in [-0.4, -0.2) is 30.7 Å². The molecule has 4 nitrogen and oxygen atoms in total. The first-order valence-electron chi connectivity index (χ1n) is 10.4. The Kier molecular flexibility index (Phi) is 4.67. The van der Waals surface area contributed by atoms with Crippen molar-refractivity contribution in [2.45, 2.75) is 71.5 Å². The molecule has 0 unspecified atom stereocenters. The number of carbonyl (C=O) groups is 1. The molecule has 1 aliphatic heterocycles. The molecule has 3 aliphatic carbocycles. The second kappa shape index (κ2) is 6.63. The normalized spacial score (nSPS) is 34.7. The van der Waals surface area contributed by atoms with Crippen molar-refractivity contribution in [3.05, 3.63) is 35.9 Å². The highest BCUT2D eigenvalue weighted by atomic mass is 16.7. The molecule has 5 rings (SSSR count). The molecule has 0 radical (unpaired) electrons. The van der Waals surface area contributed by atoms with E-state index in [0.717, 1.165) is 18.8 Å². The molecule has 1 amide bonds. The van der Waals surface area contributed by atoms with Crippen molar-refractivity contribution >= 4 is 13.0 Å². The van der Waals surface area contributed by atoms with E-state index in [9.17, 15) is 4.79 Å². The summed E-state index contributed by atoms with van der Waals surface area (Å²) in [5.74, 6) is 1.51. The Morgan fingerprint density at radius 2 is 1.93 bits per heavy atom. The van der Waals surface area contributed by atoms with Crippen LogP contribution in [0.1, 0.15) is 64.2 Å². The number of rotatable bonds is 5. The minimum absolute atomic E-state index is 0.0573. The molecule has 5 heteroatoms. The minimum atomic E-state index is -0.370. The van der Waals surface area contributed by atoms with Gasteiger partial charge in [-0.25, -0.2) is 0 Å². The predicted molar refractivity (Wildman–Crippen MR) is 107 cm³/mol. The van der Waals surface area contributed by atoms with Crippen molar-refractivity contribution in [1.82, 2.24) is 5.32 Å². The second-order valence-corrected chi connectivity index (χ2v) is 9.91. The summed E-state index contributed by atoms with van der Waals surface area (Å²) in [4.78, 5) is 12.7. The molecule has 27 heavy (non-hydrogen) atoms. The van der Waals surface area contributed by atoms with Gasteiger partial charge in [0.25, 0.3) is 5.91 Å². The summed E-state index contributed by atoms with van der Waals surface area (Å²) in [7, 11) is -0.370. The zero-order valence-corrected chi connectivity index (χ0v) is 17.2. The predicted octanol–water partition coefficient (Wildman–Crippen LogP) is 4.10. The van der Waals surface area contributed by atoms with Gasteiger partial charge in [-0.3, -0.25) is 4.79 Å².